The highest BCUT2D eigenvalue weighted by Gasteiger charge is 2.23. The minimum absolute atomic E-state index is 0.0107. The molecule has 180 valence electrons. The number of carbonyl (C=O) groups excluding carboxylic acids is 2. The van der Waals surface area contributed by atoms with Crippen LogP contribution < -0.4 is 25.4 Å². The van der Waals surface area contributed by atoms with Crippen molar-refractivity contribution in [2.24, 2.45) is 5.92 Å². The van der Waals surface area contributed by atoms with Gasteiger partial charge in [-0.15, -0.1) is 0 Å². The Hall–Kier alpha value is -3.66. The summed E-state index contributed by atoms with van der Waals surface area (Å²) in [5.74, 6) is 0.657. The first-order valence-electron chi connectivity index (χ1n) is 11.4. The summed E-state index contributed by atoms with van der Waals surface area (Å²) in [5, 5.41) is 20.0. The van der Waals surface area contributed by atoms with Crippen LogP contribution in [0.2, 0.25) is 0 Å². The lowest BCUT2D eigenvalue weighted by Gasteiger charge is -2.29. The SMILES string of the molecule is C[C@@H]1CCCC[C@H]1NCC(=O)Nc1ccc([N+](=O)[O-])cc1C(=O)Nc1ccc2c(c1)OCCO2. The van der Waals surface area contributed by atoms with Crippen molar-refractivity contribution in [2.75, 3.05) is 30.4 Å². The fourth-order valence-corrected chi connectivity index (χ4v) is 4.30. The quantitative estimate of drug-likeness (QED) is 0.417. The molecule has 10 nitrogen and oxygen atoms in total. The molecular weight excluding hydrogens is 440 g/mol. The van der Waals surface area contributed by atoms with Gasteiger partial charge in [-0.1, -0.05) is 19.8 Å². The molecule has 0 radical (unpaired) electrons. The van der Waals surface area contributed by atoms with E-state index in [-0.39, 0.29) is 35.4 Å². The van der Waals surface area contributed by atoms with Crippen molar-refractivity contribution in [3.63, 3.8) is 0 Å². The van der Waals surface area contributed by atoms with Crippen molar-refractivity contribution in [3.8, 4) is 11.5 Å². The molecule has 2 aliphatic rings. The predicted molar refractivity (Wildman–Crippen MR) is 127 cm³/mol. The number of non-ortho nitro benzene ring substituents is 1. The second-order valence-electron chi connectivity index (χ2n) is 8.60. The zero-order valence-corrected chi connectivity index (χ0v) is 19.0. The maximum absolute atomic E-state index is 13.0. The maximum atomic E-state index is 13.0. The van der Waals surface area contributed by atoms with E-state index in [9.17, 15) is 19.7 Å². The van der Waals surface area contributed by atoms with Crippen molar-refractivity contribution < 1.29 is 24.0 Å². The summed E-state index contributed by atoms with van der Waals surface area (Å²) in [6, 6.07) is 9.01. The summed E-state index contributed by atoms with van der Waals surface area (Å²) < 4.78 is 11.0. The molecule has 0 bridgehead atoms. The molecule has 3 N–H and O–H groups in total. The van der Waals surface area contributed by atoms with E-state index in [2.05, 4.69) is 22.9 Å². The summed E-state index contributed by atoms with van der Waals surface area (Å²) in [4.78, 5) is 36.3. The second-order valence-corrected chi connectivity index (χ2v) is 8.60. The fourth-order valence-electron chi connectivity index (χ4n) is 4.30. The highest BCUT2D eigenvalue weighted by atomic mass is 16.6. The van der Waals surface area contributed by atoms with E-state index in [0.717, 1.165) is 25.3 Å². The number of nitro benzene ring substituents is 1. The Morgan fingerprint density at radius 1 is 1.03 bits per heavy atom. The second kappa shape index (κ2) is 10.5. The normalized spacial score (nSPS) is 19.2. The van der Waals surface area contributed by atoms with E-state index >= 15 is 0 Å². The number of fused-ring (bicyclic) bond motifs is 1. The Labute approximate surface area is 197 Å². The number of hydrogen-bond donors (Lipinski definition) is 3. The van der Waals surface area contributed by atoms with E-state index in [1.807, 2.05) is 0 Å². The predicted octanol–water partition coefficient (Wildman–Crippen LogP) is 3.73. The van der Waals surface area contributed by atoms with Crippen LogP contribution in [0.1, 0.15) is 43.0 Å². The third-order valence-corrected chi connectivity index (χ3v) is 6.17. The summed E-state index contributed by atoms with van der Waals surface area (Å²) in [7, 11) is 0. The summed E-state index contributed by atoms with van der Waals surface area (Å²) >= 11 is 0. The minimum Gasteiger partial charge on any atom is -0.486 e. The molecule has 1 fully saturated rings. The lowest BCUT2D eigenvalue weighted by atomic mass is 9.86. The molecule has 1 aliphatic carbocycles. The Morgan fingerprint density at radius 2 is 1.79 bits per heavy atom. The van der Waals surface area contributed by atoms with Crippen molar-refractivity contribution in [1.29, 1.82) is 0 Å². The van der Waals surface area contributed by atoms with Crippen LogP contribution in [0.4, 0.5) is 17.1 Å². The third kappa shape index (κ3) is 5.63. The lowest BCUT2D eigenvalue weighted by molar-refractivity contribution is -0.384. The molecule has 2 amide bonds. The highest BCUT2D eigenvalue weighted by molar-refractivity contribution is 6.10. The van der Waals surface area contributed by atoms with Crippen LogP contribution in [0.5, 0.6) is 11.5 Å². The van der Waals surface area contributed by atoms with Crippen LogP contribution in [0.3, 0.4) is 0 Å². The molecule has 2 atom stereocenters. The molecule has 1 saturated carbocycles. The van der Waals surface area contributed by atoms with Gasteiger partial charge in [0.1, 0.15) is 13.2 Å². The van der Waals surface area contributed by atoms with E-state index in [4.69, 9.17) is 9.47 Å². The summed E-state index contributed by atoms with van der Waals surface area (Å²) in [6.45, 7) is 3.11. The lowest BCUT2D eigenvalue weighted by Crippen LogP contribution is -2.41. The molecular formula is C24H28N4O6. The first-order chi connectivity index (χ1) is 16.4. The van der Waals surface area contributed by atoms with Gasteiger partial charge in [-0.3, -0.25) is 19.7 Å². The van der Waals surface area contributed by atoms with Crippen LogP contribution in [0.15, 0.2) is 36.4 Å². The van der Waals surface area contributed by atoms with Gasteiger partial charge in [-0.2, -0.15) is 0 Å². The molecule has 1 heterocycles. The van der Waals surface area contributed by atoms with Gasteiger partial charge < -0.3 is 25.4 Å². The largest absolute Gasteiger partial charge is 0.486 e. The van der Waals surface area contributed by atoms with E-state index in [0.29, 0.717) is 36.3 Å². The molecule has 0 unspecified atom stereocenters. The van der Waals surface area contributed by atoms with Crippen LogP contribution in [-0.4, -0.2) is 42.5 Å². The number of nitro groups is 1. The standard InChI is InChI=1S/C24H28N4O6/c1-15-4-2-3-5-19(15)25-14-23(29)27-20-8-7-17(28(31)32)13-18(20)24(30)26-16-6-9-21-22(12-16)34-11-10-33-21/h6-9,12-13,15,19,25H,2-5,10-11,14H2,1H3,(H,26,30)(H,27,29)/t15-,19-/m1/s1. The molecule has 0 spiro atoms. The van der Waals surface area contributed by atoms with E-state index in [1.54, 1.807) is 18.2 Å². The first-order valence-corrected chi connectivity index (χ1v) is 11.4. The van der Waals surface area contributed by atoms with Crippen molar-refractivity contribution >= 4 is 28.9 Å². The molecule has 2 aromatic rings. The smallest absolute Gasteiger partial charge is 0.270 e. The van der Waals surface area contributed by atoms with Gasteiger partial charge in [-0.05, 0) is 37.0 Å². The Bertz CT molecular complexity index is 1090. The maximum Gasteiger partial charge on any atom is 0.270 e. The molecule has 10 heteroatoms. The van der Waals surface area contributed by atoms with E-state index in [1.165, 1.54) is 18.6 Å². The fraction of sp³-hybridized carbons (Fsp3) is 0.417. The Kier molecular flexibility index (Phi) is 7.27. The van der Waals surface area contributed by atoms with Crippen molar-refractivity contribution in [2.45, 2.75) is 38.6 Å². The number of ether oxygens (including phenoxy) is 2. The topological polar surface area (TPSA) is 132 Å². The average Bonchev–Trinajstić information content (AvgIpc) is 2.83. The number of benzene rings is 2. The Balaban J connectivity index is 1.48. The van der Waals surface area contributed by atoms with Gasteiger partial charge in [0, 0.05) is 29.9 Å². The van der Waals surface area contributed by atoms with Crippen LogP contribution >= 0.6 is 0 Å². The number of carbonyl (C=O) groups is 2. The number of anilines is 2. The molecule has 4 rings (SSSR count). The van der Waals surface area contributed by atoms with Gasteiger partial charge >= 0.3 is 0 Å². The minimum atomic E-state index is -0.593. The summed E-state index contributed by atoms with van der Waals surface area (Å²) in [5.41, 5.74) is 0.373. The van der Waals surface area contributed by atoms with Crippen LogP contribution in [-0.2, 0) is 4.79 Å². The van der Waals surface area contributed by atoms with Gasteiger partial charge in [0.15, 0.2) is 11.5 Å². The molecule has 34 heavy (non-hydrogen) atoms. The van der Waals surface area contributed by atoms with Gasteiger partial charge in [0.25, 0.3) is 11.6 Å². The van der Waals surface area contributed by atoms with Gasteiger partial charge in [0.2, 0.25) is 5.91 Å². The average molecular weight is 469 g/mol. The van der Waals surface area contributed by atoms with Crippen molar-refractivity contribution in [3.05, 3.63) is 52.1 Å². The van der Waals surface area contributed by atoms with Crippen molar-refractivity contribution in [1.82, 2.24) is 5.32 Å². The molecule has 0 aromatic heterocycles. The third-order valence-electron chi connectivity index (χ3n) is 6.17. The van der Waals surface area contributed by atoms with Crippen LogP contribution in [0, 0.1) is 16.0 Å². The molecule has 1 aliphatic heterocycles. The first kappa shape index (κ1) is 23.5. The Morgan fingerprint density at radius 3 is 2.56 bits per heavy atom. The summed E-state index contributed by atoms with van der Waals surface area (Å²) in [6.07, 6.45) is 4.49. The molecule has 0 saturated heterocycles. The molecule has 2 aromatic carbocycles. The number of hydrogen-bond acceptors (Lipinski definition) is 7. The number of nitrogens with zero attached hydrogens (tertiary/aromatic N) is 1. The zero-order chi connectivity index (χ0) is 24.1. The number of rotatable bonds is 7. The number of amides is 2. The highest BCUT2D eigenvalue weighted by Crippen LogP contribution is 2.33. The monoisotopic (exact) mass is 468 g/mol. The van der Waals surface area contributed by atoms with Gasteiger partial charge in [0.05, 0.1) is 22.7 Å². The van der Waals surface area contributed by atoms with Crippen LogP contribution in [0.25, 0.3) is 0 Å². The van der Waals surface area contributed by atoms with Gasteiger partial charge in [-0.25, -0.2) is 0 Å². The number of nitrogens with one attached hydrogen (secondary N) is 3. The van der Waals surface area contributed by atoms with E-state index < -0.39 is 10.8 Å². The zero-order valence-electron chi connectivity index (χ0n) is 19.0.